The molecule has 1 atom stereocenters. The van der Waals surface area contributed by atoms with Gasteiger partial charge in [-0.15, -0.1) is 0 Å². The Kier molecular flexibility index (Phi) is 5.86. The Bertz CT molecular complexity index is 388. The third kappa shape index (κ3) is 4.88. The van der Waals surface area contributed by atoms with Crippen molar-refractivity contribution in [3.63, 3.8) is 0 Å². The fourth-order valence-electron chi connectivity index (χ4n) is 2.03. The lowest BCUT2D eigenvalue weighted by molar-refractivity contribution is -0.125. The molecule has 1 amide bonds. The molecule has 1 aromatic rings. The molecule has 0 bridgehead atoms. The largest absolute Gasteiger partial charge is 0.352 e. The van der Waals surface area contributed by atoms with Crippen LogP contribution in [0.1, 0.15) is 31.4 Å². The van der Waals surface area contributed by atoms with Gasteiger partial charge in [0.1, 0.15) is 0 Å². The summed E-state index contributed by atoms with van der Waals surface area (Å²) < 4.78 is 0. The van der Waals surface area contributed by atoms with E-state index in [0.29, 0.717) is 19.0 Å². The third-order valence-electron chi connectivity index (χ3n) is 2.96. The van der Waals surface area contributed by atoms with E-state index in [1.807, 2.05) is 25.1 Å². The lowest BCUT2D eigenvalue weighted by Gasteiger charge is -2.16. The van der Waals surface area contributed by atoms with E-state index < -0.39 is 0 Å². The van der Waals surface area contributed by atoms with E-state index in [0.717, 1.165) is 12.0 Å². The zero-order valence-electron chi connectivity index (χ0n) is 11.6. The molecule has 0 spiro atoms. The first kappa shape index (κ1) is 14.7. The van der Waals surface area contributed by atoms with Crippen LogP contribution in [0.15, 0.2) is 24.3 Å². The summed E-state index contributed by atoms with van der Waals surface area (Å²) in [5.74, 6) is 0.478. The molecule has 0 aliphatic rings. The molecule has 3 nitrogen and oxygen atoms in total. The summed E-state index contributed by atoms with van der Waals surface area (Å²) in [6, 6.07) is 8.16. The van der Waals surface area contributed by atoms with Crippen molar-refractivity contribution in [2.45, 2.75) is 33.7 Å². The minimum absolute atomic E-state index is 0.0627. The average Bonchev–Trinajstić information content (AvgIpc) is 2.33. The second kappa shape index (κ2) is 7.17. The number of carbonyl (C=O) groups excluding carboxylic acids is 1. The summed E-state index contributed by atoms with van der Waals surface area (Å²) in [6.07, 6.45) is 0.843. The van der Waals surface area contributed by atoms with Gasteiger partial charge in [-0.2, -0.15) is 0 Å². The highest BCUT2D eigenvalue weighted by molar-refractivity contribution is 5.78. The van der Waals surface area contributed by atoms with E-state index in [9.17, 15) is 4.79 Å². The number of aryl methyl sites for hydroxylation is 1. The van der Waals surface area contributed by atoms with Crippen LogP contribution in [0.5, 0.6) is 0 Å². The molecule has 1 aromatic carbocycles. The summed E-state index contributed by atoms with van der Waals surface area (Å²) in [4.78, 5) is 12.0. The molecule has 0 saturated carbocycles. The smallest absolute Gasteiger partial charge is 0.224 e. The van der Waals surface area contributed by atoms with Crippen molar-refractivity contribution < 1.29 is 4.79 Å². The minimum Gasteiger partial charge on any atom is -0.352 e. The van der Waals surface area contributed by atoms with Crippen molar-refractivity contribution in [3.8, 4) is 0 Å². The summed E-state index contributed by atoms with van der Waals surface area (Å²) in [5, 5.41) is 2.96. The molecule has 3 heteroatoms. The second-order valence-electron chi connectivity index (χ2n) is 5.27. The lowest BCUT2D eigenvalue weighted by atomic mass is 9.96. The standard InChI is InChI=1S/C15H24N2O/c1-11(2)7-14(9-16)15(18)17-10-13-6-4-5-12(3)8-13/h4-6,8,11,14H,7,9-10,16H2,1-3H3,(H,17,18). The van der Waals surface area contributed by atoms with Gasteiger partial charge in [0.05, 0.1) is 5.92 Å². The minimum atomic E-state index is -0.0743. The normalized spacial score (nSPS) is 12.5. The Hall–Kier alpha value is -1.35. The SMILES string of the molecule is Cc1cccc(CNC(=O)C(CN)CC(C)C)c1. The maximum Gasteiger partial charge on any atom is 0.224 e. The number of carbonyl (C=O) groups is 1. The van der Waals surface area contributed by atoms with E-state index in [-0.39, 0.29) is 11.8 Å². The van der Waals surface area contributed by atoms with Gasteiger partial charge in [0.25, 0.3) is 0 Å². The molecule has 0 radical (unpaired) electrons. The van der Waals surface area contributed by atoms with Crippen molar-refractivity contribution in [1.29, 1.82) is 0 Å². The van der Waals surface area contributed by atoms with Gasteiger partial charge in [-0.3, -0.25) is 4.79 Å². The molecule has 18 heavy (non-hydrogen) atoms. The molecular weight excluding hydrogens is 224 g/mol. The molecule has 0 heterocycles. The first-order valence-electron chi connectivity index (χ1n) is 6.56. The lowest BCUT2D eigenvalue weighted by Crippen LogP contribution is -2.35. The van der Waals surface area contributed by atoms with Crippen molar-refractivity contribution in [2.24, 2.45) is 17.6 Å². The fourth-order valence-corrected chi connectivity index (χ4v) is 2.03. The summed E-state index contributed by atoms with van der Waals surface area (Å²) >= 11 is 0. The average molecular weight is 248 g/mol. The molecular formula is C15H24N2O. The van der Waals surface area contributed by atoms with E-state index in [2.05, 4.69) is 25.2 Å². The third-order valence-corrected chi connectivity index (χ3v) is 2.96. The zero-order chi connectivity index (χ0) is 13.5. The van der Waals surface area contributed by atoms with Crippen LogP contribution in [0.4, 0.5) is 0 Å². The van der Waals surface area contributed by atoms with Crippen molar-refractivity contribution >= 4 is 5.91 Å². The molecule has 3 N–H and O–H groups in total. The van der Waals surface area contributed by atoms with Gasteiger partial charge in [0.15, 0.2) is 0 Å². The fraction of sp³-hybridized carbons (Fsp3) is 0.533. The molecule has 0 aliphatic heterocycles. The molecule has 1 unspecified atom stereocenters. The Morgan fingerprint density at radius 1 is 1.39 bits per heavy atom. The molecule has 0 saturated heterocycles. The highest BCUT2D eigenvalue weighted by Crippen LogP contribution is 2.11. The molecule has 1 rings (SSSR count). The quantitative estimate of drug-likeness (QED) is 0.811. The number of benzene rings is 1. The monoisotopic (exact) mass is 248 g/mol. The maximum absolute atomic E-state index is 12.0. The molecule has 100 valence electrons. The van der Waals surface area contributed by atoms with Crippen LogP contribution < -0.4 is 11.1 Å². The van der Waals surface area contributed by atoms with Crippen LogP contribution in [-0.2, 0) is 11.3 Å². The number of nitrogens with one attached hydrogen (secondary N) is 1. The number of hydrogen-bond acceptors (Lipinski definition) is 2. The number of amides is 1. The van der Waals surface area contributed by atoms with Gasteiger partial charge >= 0.3 is 0 Å². The van der Waals surface area contributed by atoms with Crippen LogP contribution in [0.3, 0.4) is 0 Å². The highest BCUT2D eigenvalue weighted by atomic mass is 16.1. The van der Waals surface area contributed by atoms with Gasteiger partial charge in [0, 0.05) is 13.1 Å². The van der Waals surface area contributed by atoms with Gasteiger partial charge in [-0.05, 0) is 24.8 Å². The van der Waals surface area contributed by atoms with Gasteiger partial charge in [-0.1, -0.05) is 43.7 Å². The maximum atomic E-state index is 12.0. The Labute approximate surface area is 110 Å². The predicted octanol–water partition coefficient (Wildman–Crippen LogP) is 2.23. The van der Waals surface area contributed by atoms with Gasteiger partial charge in [0.2, 0.25) is 5.91 Å². The van der Waals surface area contributed by atoms with Crippen molar-refractivity contribution in [2.75, 3.05) is 6.54 Å². The van der Waals surface area contributed by atoms with E-state index in [4.69, 9.17) is 5.73 Å². The van der Waals surface area contributed by atoms with Gasteiger partial charge in [-0.25, -0.2) is 0 Å². The number of nitrogens with two attached hydrogens (primary N) is 1. The summed E-state index contributed by atoms with van der Waals surface area (Å²) in [6.45, 7) is 7.26. The van der Waals surface area contributed by atoms with E-state index >= 15 is 0 Å². The molecule has 0 aromatic heterocycles. The second-order valence-corrected chi connectivity index (χ2v) is 5.27. The number of rotatable bonds is 6. The first-order valence-corrected chi connectivity index (χ1v) is 6.56. The van der Waals surface area contributed by atoms with E-state index in [1.165, 1.54) is 5.56 Å². The first-order chi connectivity index (χ1) is 8.52. The Morgan fingerprint density at radius 3 is 2.67 bits per heavy atom. The van der Waals surface area contributed by atoms with E-state index in [1.54, 1.807) is 0 Å². The van der Waals surface area contributed by atoms with Crippen LogP contribution >= 0.6 is 0 Å². The van der Waals surface area contributed by atoms with Crippen molar-refractivity contribution in [1.82, 2.24) is 5.32 Å². The highest BCUT2D eigenvalue weighted by Gasteiger charge is 2.17. The topological polar surface area (TPSA) is 55.1 Å². The van der Waals surface area contributed by atoms with Crippen molar-refractivity contribution in [3.05, 3.63) is 35.4 Å². The predicted molar refractivity (Wildman–Crippen MR) is 75.0 cm³/mol. The van der Waals surface area contributed by atoms with Crippen LogP contribution in [-0.4, -0.2) is 12.5 Å². The van der Waals surface area contributed by atoms with Gasteiger partial charge < -0.3 is 11.1 Å². The summed E-state index contributed by atoms with van der Waals surface area (Å²) in [5.41, 5.74) is 7.99. The Balaban J connectivity index is 2.49. The van der Waals surface area contributed by atoms with Crippen LogP contribution in [0.2, 0.25) is 0 Å². The molecule has 0 aliphatic carbocycles. The summed E-state index contributed by atoms with van der Waals surface area (Å²) in [7, 11) is 0. The Morgan fingerprint density at radius 2 is 2.11 bits per heavy atom. The zero-order valence-corrected chi connectivity index (χ0v) is 11.6. The van der Waals surface area contributed by atoms with Crippen LogP contribution in [0.25, 0.3) is 0 Å². The number of hydrogen-bond donors (Lipinski definition) is 2. The molecule has 0 fully saturated rings. The van der Waals surface area contributed by atoms with Crippen LogP contribution in [0, 0.1) is 18.8 Å².